The van der Waals surface area contributed by atoms with E-state index in [9.17, 15) is 4.79 Å². The fourth-order valence-electron chi connectivity index (χ4n) is 3.43. The highest BCUT2D eigenvalue weighted by molar-refractivity contribution is 5.90. The van der Waals surface area contributed by atoms with Gasteiger partial charge in [0.15, 0.2) is 5.82 Å². The average Bonchev–Trinajstić information content (AvgIpc) is 3.28. The van der Waals surface area contributed by atoms with E-state index in [2.05, 4.69) is 29.7 Å². The molecule has 0 atom stereocenters. The summed E-state index contributed by atoms with van der Waals surface area (Å²) in [6.07, 6.45) is 4.96. The summed E-state index contributed by atoms with van der Waals surface area (Å²) in [6, 6.07) is 0. The minimum absolute atomic E-state index is 0.145. The zero-order valence-electron chi connectivity index (χ0n) is 13.9. The summed E-state index contributed by atoms with van der Waals surface area (Å²) < 4.78 is 3.72. The molecule has 0 saturated carbocycles. The molecule has 0 aliphatic carbocycles. The molecule has 128 valence electrons. The molecule has 2 aromatic heterocycles. The summed E-state index contributed by atoms with van der Waals surface area (Å²) in [5, 5.41) is 12.8. The summed E-state index contributed by atoms with van der Waals surface area (Å²) >= 11 is 0. The first-order valence-electron chi connectivity index (χ1n) is 8.49. The number of fused-ring (bicyclic) bond motifs is 1. The van der Waals surface area contributed by atoms with E-state index in [0.717, 1.165) is 44.2 Å². The van der Waals surface area contributed by atoms with E-state index < -0.39 is 0 Å². The highest BCUT2D eigenvalue weighted by Gasteiger charge is 2.26. The van der Waals surface area contributed by atoms with Gasteiger partial charge in [0, 0.05) is 20.1 Å². The maximum Gasteiger partial charge on any atom is 0.293 e. The van der Waals surface area contributed by atoms with Gasteiger partial charge in [-0.1, -0.05) is 0 Å². The number of hydrogen-bond donors (Lipinski definition) is 0. The Bertz CT molecular complexity index is 730. The maximum absolute atomic E-state index is 12.6. The van der Waals surface area contributed by atoms with E-state index in [-0.39, 0.29) is 11.7 Å². The van der Waals surface area contributed by atoms with Gasteiger partial charge in [-0.2, -0.15) is 0 Å². The molecule has 24 heavy (non-hydrogen) atoms. The van der Waals surface area contributed by atoms with E-state index >= 15 is 0 Å². The SMILES string of the molecule is Cn1cnc(C(=O)N2CCCn3c(CN4CCCC4)nnc3C2)n1. The minimum Gasteiger partial charge on any atom is -0.328 e. The molecule has 0 unspecified atom stereocenters. The Morgan fingerprint density at radius 3 is 2.71 bits per heavy atom. The number of nitrogens with zero attached hydrogens (tertiary/aromatic N) is 8. The van der Waals surface area contributed by atoms with Crippen molar-refractivity contribution < 1.29 is 4.79 Å². The van der Waals surface area contributed by atoms with E-state index in [0.29, 0.717) is 13.1 Å². The first-order valence-corrected chi connectivity index (χ1v) is 8.49. The third-order valence-electron chi connectivity index (χ3n) is 4.69. The smallest absolute Gasteiger partial charge is 0.293 e. The van der Waals surface area contributed by atoms with Crippen LogP contribution in [0.1, 0.15) is 41.5 Å². The number of aromatic nitrogens is 6. The zero-order chi connectivity index (χ0) is 16.5. The van der Waals surface area contributed by atoms with Crippen molar-refractivity contribution in [2.75, 3.05) is 19.6 Å². The van der Waals surface area contributed by atoms with Crippen molar-refractivity contribution in [2.45, 2.75) is 38.9 Å². The lowest BCUT2D eigenvalue weighted by molar-refractivity contribution is 0.0731. The summed E-state index contributed by atoms with van der Waals surface area (Å²) in [4.78, 5) is 20.8. The van der Waals surface area contributed by atoms with Crippen molar-refractivity contribution >= 4 is 5.91 Å². The van der Waals surface area contributed by atoms with Gasteiger partial charge < -0.3 is 9.47 Å². The van der Waals surface area contributed by atoms with Crippen LogP contribution < -0.4 is 0 Å². The first kappa shape index (κ1) is 15.3. The van der Waals surface area contributed by atoms with Crippen LogP contribution in [0.3, 0.4) is 0 Å². The zero-order valence-corrected chi connectivity index (χ0v) is 13.9. The van der Waals surface area contributed by atoms with E-state index in [1.807, 2.05) is 0 Å². The van der Waals surface area contributed by atoms with Crippen LogP contribution in [0.5, 0.6) is 0 Å². The number of carbonyl (C=O) groups excluding carboxylic acids is 1. The molecule has 9 heteroatoms. The Kier molecular flexibility index (Phi) is 4.01. The topological polar surface area (TPSA) is 85.0 Å². The summed E-state index contributed by atoms with van der Waals surface area (Å²) in [5.41, 5.74) is 0. The monoisotopic (exact) mass is 330 g/mol. The van der Waals surface area contributed by atoms with Crippen molar-refractivity contribution in [1.82, 2.24) is 39.3 Å². The molecule has 2 aliphatic heterocycles. The summed E-state index contributed by atoms with van der Waals surface area (Å²) in [7, 11) is 1.76. The largest absolute Gasteiger partial charge is 0.328 e. The quantitative estimate of drug-likeness (QED) is 0.790. The van der Waals surface area contributed by atoms with Gasteiger partial charge in [0.25, 0.3) is 5.91 Å². The molecule has 1 amide bonds. The van der Waals surface area contributed by atoms with Crippen molar-refractivity contribution in [3.05, 3.63) is 23.8 Å². The predicted molar refractivity (Wildman–Crippen MR) is 84.9 cm³/mol. The Hall–Kier alpha value is -2.29. The van der Waals surface area contributed by atoms with Gasteiger partial charge >= 0.3 is 0 Å². The molecule has 9 nitrogen and oxygen atoms in total. The third kappa shape index (κ3) is 2.91. The van der Waals surface area contributed by atoms with Crippen molar-refractivity contribution in [2.24, 2.45) is 7.05 Å². The number of carbonyl (C=O) groups is 1. The second-order valence-corrected chi connectivity index (χ2v) is 6.49. The van der Waals surface area contributed by atoms with Crippen molar-refractivity contribution in [3.63, 3.8) is 0 Å². The van der Waals surface area contributed by atoms with Crippen LogP contribution in [0.25, 0.3) is 0 Å². The minimum atomic E-state index is -0.145. The van der Waals surface area contributed by atoms with E-state index in [1.54, 1.807) is 23.0 Å². The van der Waals surface area contributed by atoms with Crippen molar-refractivity contribution in [3.8, 4) is 0 Å². The second kappa shape index (κ2) is 6.31. The highest BCUT2D eigenvalue weighted by atomic mass is 16.2. The lowest BCUT2D eigenvalue weighted by Crippen LogP contribution is -2.31. The third-order valence-corrected chi connectivity index (χ3v) is 4.69. The summed E-state index contributed by atoms with van der Waals surface area (Å²) in [6.45, 7) is 5.12. The average molecular weight is 330 g/mol. The molecular weight excluding hydrogens is 308 g/mol. The fraction of sp³-hybridized carbons (Fsp3) is 0.667. The van der Waals surface area contributed by atoms with Crippen LogP contribution >= 0.6 is 0 Å². The van der Waals surface area contributed by atoms with Crippen LogP contribution in [-0.4, -0.2) is 64.9 Å². The summed E-state index contributed by atoms with van der Waals surface area (Å²) in [5.74, 6) is 1.96. The van der Waals surface area contributed by atoms with E-state index in [4.69, 9.17) is 0 Å². The van der Waals surface area contributed by atoms with Gasteiger partial charge in [0.1, 0.15) is 12.2 Å². The Balaban J connectivity index is 1.50. The number of likely N-dealkylation sites (tertiary alicyclic amines) is 1. The van der Waals surface area contributed by atoms with E-state index in [1.165, 1.54) is 12.8 Å². The molecular formula is C15H22N8O. The van der Waals surface area contributed by atoms with Crippen LogP contribution in [0.2, 0.25) is 0 Å². The molecule has 2 aliphatic rings. The Labute approximate surface area is 140 Å². The molecule has 0 spiro atoms. The van der Waals surface area contributed by atoms with Crippen LogP contribution in [0.4, 0.5) is 0 Å². The van der Waals surface area contributed by atoms with Crippen LogP contribution in [0.15, 0.2) is 6.33 Å². The number of amides is 1. The molecule has 0 radical (unpaired) electrons. The van der Waals surface area contributed by atoms with Gasteiger partial charge in [-0.15, -0.1) is 15.3 Å². The number of rotatable bonds is 3. The second-order valence-electron chi connectivity index (χ2n) is 6.49. The molecule has 0 bridgehead atoms. The Morgan fingerprint density at radius 1 is 1.12 bits per heavy atom. The standard InChI is InChI=1S/C15H22N8O/c1-20-11-16-14(19-20)15(24)22-7-4-8-23-12(17-18-13(23)10-22)9-21-5-2-3-6-21/h11H,2-10H2,1H3. The molecule has 2 aromatic rings. The molecule has 4 rings (SSSR count). The fourth-order valence-corrected chi connectivity index (χ4v) is 3.43. The van der Waals surface area contributed by atoms with Gasteiger partial charge in [-0.3, -0.25) is 14.4 Å². The molecule has 0 aromatic carbocycles. The number of aryl methyl sites for hydroxylation is 1. The molecule has 1 saturated heterocycles. The number of hydrogen-bond acceptors (Lipinski definition) is 6. The lowest BCUT2D eigenvalue weighted by atomic mass is 10.3. The van der Waals surface area contributed by atoms with Gasteiger partial charge in [-0.25, -0.2) is 4.98 Å². The molecule has 0 N–H and O–H groups in total. The van der Waals surface area contributed by atoms with Gasteiger partial charge in [0.2, 0.25) is 5.82 Å². The lowest BCUT2D eigenvalue weighted by Gasteiger charge is -2.17. The van der Waals surface area contributed by atoms with Crippen LogP contribution in [0, 0.1) is 0 Å². The maximum atomic E-state index is 12.6. The molecule has 4 heterocycles. The normalized spacial score (nSPS) is 18.6. The van der Waals surface area contributed by atoms with Crippen LogP contribution in [-0.2, 0) is 26.7 Å². The van der Waals surface area contributed by atoms with Gasteiger partial charge in [-0.05, 0) is 32.4 Å². The van der Waals surface area contributed by atoms with Crippen molar-refractivity contribution in [1.29, 1.82) is 0 Å². The Morgan fingerprint density at radius 2 is 1.96 bits per heavy atom. The van der Waals surface area contributed by atoms with Gasteiger partial charge in [0.05, 0.1) is 13.1 Å². The highest BCUT2D eigenvalue weighted by Crippen LogP contribution is 2.17. The predicted octanol–water partition coefficient (Wildman–Crippen LogP) is 0.0485. The first-order chi connectivity index (χ1) is 11.7. The molecule has 1 fully saturated rings.